The van der Waals surface area contributed by atoms with E-state index >= 15 is 0 Å². The molecule has 3 aromatic rings. The van der Waals surface area contributed by atoms with Crippen molar-refractivity contribution in [1.29, 1.82) is 0 Å². The van der Waals surface area contributed by atoms with Gasteiger partial charge in [0.2, 0.25) is 5.28 Å². The number of aromatic amines is 1. The molecular weight excluding hydrogens is 310 g/mol. The van der Waals surface area contributed by atoms with Gasteiger partial charge in [-0.1, -0.05) is 0 Å². The van der Waals surface area contributed by atoms with Crippen LogP contribution in [0.15, 0.2) is 22.8 Å². The molecule has 0 spiro atoms. The Morgan fingerprint density at radius 3 is 3.00 bits per heavy atom. The van der Waals surface area contributed by atoms with Crippen LogP contribution in [0, 0.1) is 0 Å². The monoisotopic (exact) mass is 323 g/mol. The second-order valence-corrected chi connectivity index (χ2v) is 4.69. The Balaban J connectivity index is 1.81. The lowest BCUT2D eigenvalue weighted by Crippen LogP contribution is -2.05. The van der Waals surface area contributed by atoms with Crippen LogP contribution in [0.25, 0.3) is 11.2 Å². The first-order valence-corrected chi connectivity index (χ1v) is 6.95. The Bertz CT molecular complexity index is 744. The maximum absolute atomic E-state index is 5.92. The van der Waals surface area contributed by atoms with E-state index in [1.807, 2.05) is 12.1 Å². The molecule has 0 saturated heterocycles. The van der Waals surface area contributed by atoms with Crippen LogP contribution in [0.2, 0.25) is 5.28 Å². The fourth-order valence-corrected chi connectivity index (χ4v) is 2.02. The summed E-state index contributed by atoms with van der Waals surface area (Å²) in [5.41, 5.74) is 1.04. The molecule has 3 heterocycles. The molecule has 22 heavy (non-hydrogen) atoms. The number of furan rings is 1. The standard InChI is InChI=1S/C13H14ClN5O3/c1-20-5-6-22-13-16-9-10(15-7-8-3-2-4-21-8)17-12(14)18-11(9)19-13/h2-4H,5-7H2,1H3,(H2,15,16,17,18,19). The number of imidazole rings is 1. The molecule has 0 radical (unpaired) electrons. The number of H-pyrrole nitrogens is 1. The summed E-state index contributed by atoms with van der Waals surface area (Å²) in [6.45, 7) is 1.31. The van der Waals surface area contributed by atoms with Crippen LogP contribution in [-0.2, 0) is 11.3 Å². The van der Waals surface area contributed by atoms with Crippen LogP contribution in [0.4, 0.5) is 5.82 Å². The van der Waals surface area contributed by atoms with Crippen LogP contribution in [0.5, 0.6) is 6.01 Å². The Hall–Kier alpha value is -2.32. The van der Waals surface area contributed by atoms with Gasteiger partial charge in [-0.2, -0.15) is 15.0 Å². The molecule has 0 aliphatic rings. The minimum atomic E-state index is 0.101. The molecule has 0 fully saturated rings. The molecule has 0 amide bonds. The van der Waals surface area contributed by atoms with Crippen molar-refractivity contribution in [2.75, 3.05) is 25.6 Å². The van der Waals surface area contributed by atoms with Gasteiger partial charge in [-0.15, -0.1) is 0 Å². The van der Waals surface area contributed by atoms with E-state index in [1.165, 1.54) is 0 Å². The van der Waals surface area contributed by atoms with Crippen molar-refractivity contribution in [1.82, 2.24) is 19.9 Å². The highest BCUT2D eigenvalue weighted by atomic mass is 35.5. The van der Waals surface area contributed by atoms with Gasteiger partial charge in [0, 0.05) is 7.11 Å². The Morgan fingerprint density at radius 1 is 1.32 bits per heavy atom. The van der Waals surface area contributed by atoms with Crippen molar-refractivity contribution in [3.8, 4) is 6.01 Å². The summed E-state index contributed by atoms with van der Waals surface area (Å²) in [6.07, 6.45) is 1.61. The summed E-state index contributed by atoms with van der Waals surface area (Å²) >= 11 is 5.92. The van der Waals surface area contributed by atoms with E-state index in [9.17, 15) is 0 Å². The minimum Gasteiger partial charge on any atom is -0.467 e. The van der Waals surface area contributed by atoms with E-state index in [4.69, 9.17) is 25.5 Å². The summed E-state index contributed by atoms with van der Waals surface area (Å²) < 4.78 is 15.6. The molecule has 8 nitrogen and oxygen atoms in total. The van der Waals surface area contributed by atoms with Gasteiger partial charge in [-0.25, -0.2) is 0 Å². The quantitative estimate of drug-likeness (QED) is 0.508. The molecule has 0 aliphatic carbocycles. The number of anilines is 1. The van der Waals surface area contributed by atoms with Crippen molar-refractivity contribution in [3.63, 3.8) is 0 Å². The third kappa shape index (κ3) is 3.29. The fraction of sp³-hybridized carbons (Fsp3) is 0.308. The third-order valence-electron chi connectivity index (χ3n) is 2.84. The Labute approximate surface area is 130 Å². The van der Waals surface area contributed by atoms with Crippen molar-refractivity contribution in [2.24, 2.45) is 0 Å². The lowest BCUT2D eigenvalue weighted by atomic mass is 10.4. The van der Waals surface area contributed by atoms with Gasteiger partial charge in [0.15, 0.2) is 11.5 Å². The summed E-state index contributed by atoms with van der Waals surface area (Å²) in [6, 6.07) is 4.01. The highest BCUT2D eigenvalue weighted by molar-refractivity contribution is 6.28. The maximum Gasteiger partial charge on any atom is 0.296 e. The second-order valence-electron chi connectivity index (χ2n) is 4.36. The topological polar surface area (TPSA) is 98.1 Å². The van der Waals surface area contributed by atoms with Crippen LogP contribution < -0.4 is 10.1 Å². The highest BCUT2D eigenvalue weighted by Crippen LogP contribution is 2.23. The van der Waals surface area contributed by atoms with E-state index in [0.29, 0.717) is 42.8 Å². The minimum absolute atomic E-state index is 0.101. The predicted octanol–water partition coefficient (Wildman–Crippen LogP) is 2.24. The molecular formula is C13H14ClN5O3. The molecule has 9 heteroatoms. The van der Waals surface area contributed by atoms with Crippen LogP contribution in [-0.4, -0.2) is 40.3 Å². The largest absolute Gasteiger partial charge is 0.467 e. The third-order valence-corrected chi connectivity index (χ3v) is 3.01. The van der Waals surface area contributed by atoms with Gasteiger partial charge >= 0.3 is 0 Å². The van der Waals surface area contributed by atoms with Crippen LogP contribution >= 0.6 is 11.6 Å². The summed E-state index contributed by atoms with van der Waals surface area (Å²) in [5, 5.41) is 3.23. The van der Waals surface area contributed by atoms with Crippen molar-refractivity contribution in [2.45, 2.75) is 6.54 Å². The van der Waals surface area contributed by atoms with Crippen molar-refractivity contribution in [3.05, 3.63) is 29.4 Å². The van der Waals surface area contributed by atoms with E-state index in [-0.39, 0.29) is 5.28 Å². The van der Waals surface area contributed by atoms with Gasteiger partial charge in [0.25, 0.3) is 6.01 Å². The lowest BCUT2D eigenvalue weighted by molar-refractivity contribution is 0.141. The van der Waals surface area contributed by atoms with Crippen LogP contribution in [0.1, 0.15) is 5.76 Å². The molecule has 0 atom stereocenters. The summed E-state index contributed by atoms with van der Waals surface area (Å²) in [4.78, 5) is 15.5. The zero-order valence-electron chi connectivity index (χ0n) is 11.8. The van der Waals surface area contributed by atoms with E-state index in [2.05, 4.69) is 25.3 Å². The molecule has 3 rings (SSSR count). The number of nitrogens with one attached hydrogen (secondary N) is 2. The van der Waals surface area contributed by atoms with Crippen molar-refractivity contribution < 1.29 is 13.9 Å². The number of hydrogen-bond acceptors (Lipinski definition) is 7. The number of halogens is 1. The Morgan fingerprint density at radius 2 is 2.23 bits per heavy atom. The number of methoxy groups -OCH3 is 1. The molecule has 0 aromatic carbocycles. The first kappa shape index (κ1) is 14.6. The molecule has 116 valence electrons. The first-order chi connectivity index (χ1) is 10.8. The molecule has 3 aromatic heterocycles. The fourth-order valence-electron chi connectivity index (χ4n) is 1.85. The number of ether oxygens (including phenoxy) is 2. The average Bonchev–Trinajstić information content (AvgIpc) is 3.14. The van der Waals surface area contributed by atoms with E-state index in [1.54, 1.807) is 13.4 Å². The SMILES string of the molecule is COCCOc1nc2nc(Cl)nc(NCc3ccco3)c2[nH]1. The number of fused-ring (bicyclic) bond motifs is 1. The summed E-state index contributed by atoms with van der Waals surface area (Å²) in [5.74, 6) is 1.31. The average molecular weight is 324 g/mol. The van der Waals surface area contributed by atoms with Gasteiger partial charge in [0.05, 0.1) is 19.4 Å². The smallest absolute Gasteiger partial charge is 0.296 e. The normalized spacial score (nSPS) is 11.0. The highest BCUT2D eigenvalue weighted by Gasteiger charge is 2.13. The van der Waals surface area contributed by atoms with Gasteiger partial charge in [0.1, 0.15) is 17.9 Å². The first-order valence-electron chi connectivity index (χ1n) is 6.57. The number of rotatable bonds is 7. The van der Waals surface area contributed by atoms with Gasteiger partial charge < -0.3 is 24.2 Å². The maximum atomic E-state index is 5.92. The zero-order valence-corrected chi connectivity index (χ0v) is 12.6. The van der Waals surface area contributed by atoms with Crippen molar-refractivity contribution >= 4 is 28.6 Å². The lowest BCUT2D eigenvalue weighted by Gasteiger charge is -2.04. The van der Waals surface area contributed by atoms with E-state index < -0.39 is 0 Å². The second kappa shape index (κ2) is 6.63. The van der Waals surface area contributed by atoms with Gasteiger partial charge in [-0.3, -0.25) is 0 Å². The number of nitrogens with zero attached hydrogens (tertiary/aromatic N) is 3. The zero-order chi connectivity index (χ0) is 15.4. The number of aromatic nitrogens is 4. The molecule has 0 unspecified atom stereocenters. The molecule has 0 bridgehead atoms. The molecule has 0 saturated carbocycles. The Kier molecular flexibility index (Phi) is 4.40. The van der Waals surface area contributed by atoms with Crippen LogP contribution in [0.3, 0.4) is 0 Å². The predicted molar refractivity (Wildman–Crippen MR) is 80.1 cm³/mol. The summed E-state index contributed by atoms with van der Waals surface area (Å²) in [7, 11) is 1.60. The van der Waals surface area contributed by atoms with Gasteiger partial charge in [-0.05, 0) is 23.7 Å². The molecule has 2 N–H and O–H groups in total. The van der Waals surface area contributed by atoms with E-state index in [0.717, 1.165) is 5.76 Å². The number of hydrogen-bond donors (Lipinski definition) is 2. The molecule has 0 aliphatic heterocycles.